The van der Waals surface area contributed by atoms with Crippen LogP contribution < -0.4 is 18.9 Å². The molecule has 0 radical (unpaired) electrons. The molecule has 0 aromatic heterocycles. The number of halogens is 1. The van der Waals surface area contributed by atoms with Crippen LogP contribution in [-0.2, 0) is 4.57 Å². The van der Waals surface area contributed by atoms with Crippen LogP contribution in [0.2, 0.25) is 0 Å². The van der Waals surface area contributed by atoms with Gasteiger partial charge in [-0.3, -0.25) is 0 Å². The summed E-state index contributed by atoms with van der Waals surface area (Å²) in [6.07, 6.45) is 0. The molecule has 0 spiro atoms. The van der Waals surface area contributed by atoms with Crippen molar-refractivity contribution in [2.75, 3.05) is 0 Å². The van der Waals surface area contributed by atoms with Crippen molar-refractivity contribution in [2.24, 2.45) is 0 Å². The molecule has 0 aliphatic heterocycles. The maximum absolute atomic E-state index is 8.88. The van der Waals surface area contributed by atoms with E-state index in [9.17, 15) is 0 Å². The van der Waals surface area contributed by atoms with Gasteiger partial charge in [0.05, 0.1) is 0 Å². The average Bonchev–Trinajstić information content (AvgIpc) is 0.722. The summed E-state index contributed by atoms with van der Waals surface area (Å²) < 4.78 is 8.88. The van der Waals surface area contributed by atoms with E-state index in [1.54, 1.807) is 0 Å². The number of phosphoric acid groups is 1. The molecule has 0 unspecified atom stereocenters. The Hall–Kier alpha value is 1.76. The molecular formula is H7ClLiMgO4P. The summed E-state index contributed by atoms with van der Waals surface area (Å²) in [4.78, 5) is 21.6. The fraction of sp³-hybridized carbons (Fsp3) is 0. The van der Waals surface area contributed by atoms with E-state index in [1.165, 1.54) is 0 Å². The first-order chi connectivity index (χ1) is 2.00. The smallest absolute Gasteiger partial charge is 1.00 e. The van der Waals surface area contributed by atoms with Crippen LogP contribution in [0.25, 0.3) is 0 Å². The minimum atomic E-state index is -4.64. The van der Waals surface area contributed by atoms with Crippen molar-refractivity contribution in [2.45, 2.75) is 0 Å². The van der Waals surface area contributed by atoms with Crippen molar-refractivity contribution in [3.8, 4) is 0 Å². The molecule has 0 aromatic carbocycles. The predicted octanol–water partition coefficient (Wildman–Crippen LogP) is -3.55. The second kappa shape index (κ2) is 8.76. The summed E-state index contributed by atoms with van der Waals surface area (Å²) in [7, 11) is -4.64. The van der Waals surface area contributed by atoms with Gasteiger partial charge in [-0.15, -0.1) is 12.4 Å². The average molecular weight is 169 g/mol. The van der Waals surface area contributed by atoms with E-state index < -0.39 is 7.82 Å². The molecule has 0 rings (SSSR count). The second-order valence-corrected chi connectivity index (χ2v) is 1.54. The Morgan fingerprint density at radius 2 is 1.25 bits per heavy atom. The molecule has 0 aliphatic rings. The minimum absolute atomic E-state index is 0. The third-order valence-corrected chi connectivity index (χ3v) is 0. The van der Waals surface area contributed by atoms with Crippen molar-refractivity contribution in [1.29, 1.82) is 0 Å². The summed E-state index contributed by atoms with van der Waals surface area (Å²) in [6, 6.07) is 0. The molecule has 0 heterocycles. The van der Waals surface area contributed by atoms with E-state index in [2.05, 4.69) is 0 Å². The minimum Gasteiger partial charge on any atom is -1.00 e. The van der Waals surface area contributed by atoms with E-state index in [4.69, 9.17) is 19.2 Å². The summed E-state index contributed by atoms with van der Waals surface area (Å²) in [6.45, 7) is 0. The van der Waals surface area contributed by atoms with E-state index in [1.807, 2.05) is 0 Å². The van der Waals surface area contributed by atoms with Gasteiger partial charge in [-0.2, -0.15) is 0 Å². The van der Waals surface area contributed by atoms with Crippen LogP contribution in [0, 0.1) is 0 Å². The number of hydrogen-bond donors (Lipinski definition) is 3. The van der Waals surface area contributed by atoms with Crippen LogP contribution in [0.1, 0.15) is 4.28 Å². The Labute approximate surface area is 85.5 Å². The van der Waals surface area contributed by atoms with E-state index in [-0.39, 0.29) is 58.6 Å². The zero-order valence-corrected chi connectivity index (χ0v) is 7.44. The van der Waals surface area contributed by atoms with Gasteiger partial charge in [-0.1, -0.05) is 0 Å². The third kappa shape index (κ3) is 114. The summed E-state index contributed by atoms with van der Waals surface area (Å²) in [5.74, 6) is 0. The molecule has 4 nitrogen and oxygen atoms in total. The third-order valence-electron chi connectivity index (χ3n) is 0. The zero-order chi connectivity index (χ0) is 4.50. The van der Waals surface area contributed by atoms with Crippen molar-refractivity contribution < 1.29 is 42.4 Å². The van der Waals surface area contributed by atoms with Crippen molar-refractivity contribution in [3.05, 3.63) is 0 Å². The molecule has 8 heteroatoms. The van der Waals surface area contributed by atoms with E-state index in [0.717, 1.165) is 0 Å². The monoisotopic (exact) mass is 168 g/mol. The van der Waals surface area contributed by atoms with Crippen molar-refractivity contribution in [1.82, 2.24) is 0 Å². The maximum Gasteiger partial charge on any atom is 2.00 e. The van der Waals surface area contributed by atoms with Gasteiger partial charge in [0.25, 0.3) is 0 Å². The van der Waals surface area contributed by atoms with Gasteiger partial charge in [0.15, 0.2) is 0 Å². The zero-order valence-electron chi connectivity index (χ0n) is 7.31. The molecule has 0 aliphatic carbocycles. The molecule has 8 heavy (non-hydrogen) atoms. The van der Waals surface area contributed by atoms with Gasteiger partial charge in [-0.05, 0) is 0 Å². The van der Waals surface area contributed by atoms with Gasteiger partial charge >= 0.3 is 49.7 Å². The molecule has 0 saturated carbocycles. The molecule has 3 N–H and O–H groups in total. The van der Waals surface area contributed by atoms with Crippen LogP contribution in [-0.4, -0.2) is 37.7 Å². The normalized spacial score (nSPS) is 7.38. The van der Waals surface area contributed by atoms with Gasteiger partial charge in [0.1, 0.15) is 0 Å². The number of hydrogen-bond acceptors (Lipinski definition) is 1. The van der Waals surface area contributed by atoms with E-state index in [0.29, 0.717) is 0 Å². The predicted molar refractivity (Wildman–Crippen MR) is 30.6 cm³/mol. The first-order valence-corrected chi connectivity index (χ1v) is 2.35. The largest absolute Gasteiger partial charge is 2.00 e. The van der Waals surface area contributed by atoms with Crippen molar-refractivity contribution in [3.63, 3.8) is 0 Å². The van der Waals surface area contributed by atoms with E-state index >= 15 is 0 Å². The molecule has 0 amide bonds. The summed E-state index contributed by atoms with van der Waals surface area (Å²) in [5, 5.41) is 0. The first-order valence-electron chi connectivity index (χ1n) is 0.783. The number of rotatable bonds is 0. The summed E-state index contributed by atoms with van der Waals surface area (Å²) in [5.41, 5.74) is 0. The molecule has 46 valence electrons. The van der Waals surface area contributed by atoms with Crippen LogP contribution in [0.5, 0.6) is 0 Å². The van der Waals surface area contributed by atoms with Gasteiger partial charge in [0, 0.05) is 0 Å². The second-order valence-electron chi connectivity index (χ2n) is 0.513. The molecule has 0 aromatic rings. The Morgan fingerprint density at radius 1 is 1.25 bits per heavy atom. The fourth-order valence-corrected chi connectivity index (χ4v) is 0. The van der Waals surface area contributed by atoms with Gasteiger partial charge in [0.2, 0.25) is 0 Å². The Kier molecular flexibility index (Phi) is 24.7. The van der Waals surface area contributed by atoms with Gasteiger partial charge < -0.3 is 19.0 Å². The Morgan fingerprint density at radius 3 is 1.25 bits per heavy atom. The quantitative estimate of drug-likeness (QED) is 0.259. The van der Waals surface area contributed by atoms with Crippen LogP contribution in [0.15, 0.2) is 0 Å². The Balaban J connectivity index is -0.00000000533. The molecule has 0 bridgehead atoms. The maximum atomic E-state index is 8.88. The molecule has 0 fully saturated rings. The standard InChI is InChI=1S/ClH.Li.Mg.H3O4P.3H/c;;;1-5(2,3)4;;;/h1H;;;(H3,1,2,3,4);;;/q;+1;+2;;3*-1. The van der Waals surface area contributed by atoms with Crippen LogP contribution in [0.4, 0.5) is 0 Å². The summed E-state index contributed by atoms with van der Waals surface area (Å²) >= 11 is 0. The van der Waals surface area contributed by atoms with Crippen LogP contribution in [0.3, 0.4) is 0 Å². The first kappa shape index (κ1) is 22.6. The molecule has 0 atom stereocenters. The Bertz CT molecular complexity index is 71.5. The molecule has 0 saturated heterocycles. The van der Waals surface area contributed by atoms with Gasteiger partial charge in [-0.25, -0.2) is 4.57 Å². The molecular weight excluding hydrogens is 162 g/mol. The fourth-order valence-electron chi connectivity index (χ4n) is 0. The van der Waals surface area contributed by atoms with Crippen molar-refractivity contribution >= 4 is 43.3 Å². The topological polar surface area (TPSA) is 77.8 Å². The SMILES string of the molecule is Cl.O=P(O)(O)O.[H-].[H-].[H-].[Li+].[Mg+2]. The van der Waals surface area contributed by atoms with Crippen LogP contribution >= 0.6 is 20.2 Å².